The molecule has 0 N–H and O–H groups in total. The van der Waals surface area contributed by atoms with Gasteiger partial charge >= 0.3 is 0 Å². The molecule has 10 rings (SSSR count). The minimum Gasteiger partial charge on any atom is -0.311 e. The molecule has 0 fully saturated rings. The van der Waals surface area contributed by atoms with Crippen molar-refractivity contribution < 1.29 is 0 Å². The van der Waals surface area contributed by atoms with E-state index in [0.717, 1.165) is 0 Å². The van der Waals surface area contributed by atoms with E-state index in [9.17, 15) is 0 Å². The van der Waals surface area contributed by atoms with E-state index in [0.29, 0.717) is 0 Å². The molecule has 67 heavy (non-hydrogen) atoms. The van der Waals surface area contributed by atoms with Crippen LogP contribution in [0, 0.1) is 6.92 Å². The maximum atomic E-state index is 2.69. The maximum Gasteiger partial charge on any atom is 0.254 e. The zero-order valence-electron chi connectivity index (χ0n) is 43.7. The zero-order chi connectivity index (χ0) is 48.1. The van der Waals surface area contributed by atoms with Gasteiger partial charge in [0.25, 0.3) is 6.71 Å². The average Bonchev–Trinajstić information content (AvgIpc) is 3.62. The highest BCUT2D eigenvalue weighted by atomic mass is 32.1. The van der Waals surface area contributed by atoms with Crippen molar-refractivity contribution in [2.24, 2.45) is 0 Å². The zero-order valence-corrected chi connectivity index (χ0v) is 44.5. The summed E-state index contributed by atoms with van der Waals surface area (Å²) in [7, 11) is 0. The predicted octanol–water partition coefficient (Wildman–Crippen LogP) is 16.5. The summed E-state index contributed by atoms with van der Waals surface area (Å²) in [4.78, 5) is 5.34. The van der Waals surface area contributed by atoms with E-state index in [1.807, 2.05) is 11.3 Å². The Morgan fingerprint density at radius 2 is 0.970 bits per heavy atom. The Labute approximate surface area is 407 Å². The summed E-state index contributed by atoms with van der Waals surface area (Å²) in [5.41, 5.74) is 23.0. The predicted molar refractivity (Wildman–Crippen MR) is 296 cm³/mol. The number of anilines is 6. The van der Waals surface area contributed by atoms with Crippen LogP contribution in [0.5, 0.6) is 0 Å². The summed E-state index contributed by atoms with van der Waals surface area (Å²) in [5.74, 6) is 0. The minimum absolute atomic E-state index is 0.00187. The van der Waals surface area contributed by atoms with E-state index in [4.69, 9.17) is 0 Å². The number of nitrogens with zero attached hydrogens (tertiary/aromatic N) is 2. The number of rotatable bonds is 3. The fraction of sp³-hybridized carbons (Fsp3) is 0.397. The summed E-state index contributed by atoms with van der Waals surface area (Å²) in [6.45, 7) is 40.3. The third-order valence-electron chi connectivity index (χ3n) is 15.8. The van der Waals surface area contributed by atoms with Gasteiger partial charge < -0.3 is 9.80 Å². The summed E-state index contributed by atoms with van der Waals surface area (Å²) in [6.07, 6.45) is 2.35. The fourth-order valence-corrected chi connectivity index (χ4v) is 12.6. The first-order valence-corrected chi connectivity index (χ1v) is 25.8. The molecule has 0 atom stereocenters. The van der Waals surface area contributed by atoms with Gasteiger partial charge in [-0.15, -0.1) is 11.3 Å². The van der Waals surface area contributed by atoms with Crippen LogP contribution in [-0.2, 0) is 32.5 Å². The van der Waals surface area contributed by atoms with Gasteiger partial charge in [-0.2, -0.15) is 0 Å². The summed E-state index contributed by atoms with van der Waals surface area (Å²) in [5, 5.41) is 2.71. The molecule has 0 saturated carbocycles. The monoisotopic (exact) mass is 901 g/mol. The van der Waals surface area contributed by atoms with E-state index >= 15 is 0 Å². The standard InChI is InChI=1S/C63H73BN2S/c1-38-32-52-56-53(33-38)66(50-28-24-42(60(8,9)10)34-45(50)39-18-20-40(21-19-39)58(2,3)4)57-55(46-35-43(61(11,12)13)25-29-54(46)67-57)64(56)49-36-47-48(63(16,17)31-30-62(47,14)15)37-51(49)65(52)44-26-22-41(23-27-44)59(5,6)7/h18-29,32-37H,30-31H2,1-17H3. The van der Waals surface area contributed by atoms with Crippen LogP contribution in [0.1, 0.15) is 163 Å². The lowest BCUT2D eigenvalue weighted by atomic mass is 9.33. The van der Waals surface area contributed by atoms with Crippen molar-refractivity contribution in [3.05, 3.63) is 148 Å². The Kier molecular flexibility index (Phi) is 10.2. The maximum absolute atomic E-state index is 2.69. The number of benzene rings is 6. The molecule has 1 aliphatic carbocycles. The van der Waals surface area contributed by atoms with Gasteiger partial charge in [-0.3, -0.25) is 0 Å². The first-order chi connectivity index (χ1) is 31.1. The summed E-state index contributed by atoms with van der Waals surface area (Å²) < 4.78 is 1.35. The molecule has 344 valence electrons. The molecule has 0 bridgehead atoms. The second kappa shape index (κ2) is 15.0. The molecule has 2 aliphatic heterocycles. The highest BCUT2D eigenvalue weighted by Crippen LogP contribution is 2.53. The number of fused-ring (bicyclic) bond motifs is 7. The molecule has 4 heteroatoms. The molecule has 0 radical (unpaired) electrons. The fourth-order valence-electron chi connectivity index (χ4n) is 11.4. The van der Waals surface area contributed by atoms with Crippen LogP contribution in [0.2, 0.25) is 0 Å². The van der Waals surface area contributed by atoms with Gasteiger partial charge in [0.05, 0.1) is 10.7 Å². The van der Waals surface area contributed by atoms with Crippen molar-refractivity contribution in [1.29, 1.82) is 0 Å². The number of thiophene rings is 1. The van der Waals surface area contributed by atoms with Crippen molar-refractivity contribution in [1.82, 2.24) is 0 Å². The van der Waals surface area contributed by atoms with Crippen molar-refractivity contribution in [3.63, 3.8) is 0 Å². The van der Waals surface area contributed by atoms with Gasteiger partial charge in [0.1, 0.15) is 0 Å². The first kappa shape index (κ1) is 45.7. The van der Waals surface area contributed by atoms with Crippen LogP contribution in [0.25, 0.3) is 21.2 Å². The molecule has 0 saturated heterocycles. The normalized spacial score (nSPS) is 16.5. The lowest BCUT2D eigenvalue weighted by Crippen LogP contribution is -2.61. The van der Waals surface area contributed by atoms with E-state index in [2.05, 4.69) is 237 Å². The smallest absolute Gasteiger partial charge is 0.254 e. The number of hydrogen-bond acceptors (Lipinski definition) is 3. The van der Waals surface area contributed by atoms with Crippen LogP contribution >= 0.6 is 11.3 Å². The molecule has 3 heterocycles. The molecule has 0 unspecified atom stereocenters. The van der Waals surface area contributed by atoms with Gasteiger partial charge in [-0.1, -0.05) is 171 Å². The SMILES string of the molecule is Cc1cc2c3c(c1)N(c1ccc(C(C)(C)C)cc1-c1ccc(C(C)(C)C)cc1)c1sc4ccc(C(C)(C)C)cc4c1B3c1cc3c(cc1N2c1ccc(C(C)(C)C)cc1)C(C)(C)CCC3(C)C. The van der Waals surface area contributed by atoms with E-state index < -0.39 is 0 Å². The van der Waals surface area contributed by atoms with E-state index in [1.54, 1.807) is 0 Å². The van der Waals surface area contributed by atoms with E-state index in [-0.39, 0.29) is 39.2 Å². The van der Waals surface area contributed by atoms with Gasteiger partial charge in [0, 0.05) is 33.0 Å². The van der Waals surface area contributed by atoms with Gasteiger partial charge in [-0.05, 0) is 167 Å². The Bertz CT molecular complexity index is 3110. The Balaban J connectivity index is 1.34. The van der Waals surface area contributed by atoms with Crippen LogP contribution in [0.4, 0.5) is 33.4 Å². The summed E-state index contributed by atoms with van der Waals surface area (Å²) in [6, 6.07) is 44.0. The van der Waals surface area contributed by atoms with Crippen molar-refractivity contribution in [3.8, 4) is 11.1 Å². The largest absolute Gasteiger partial charge is 0.311 e. The third kappa shape index (κ3) is 7.51. The molecule has 3 aliphatic rings. The average molecular weight is 901 g/mol. The number of hydrogen-bond donors (Lipinski definition) is 0. The molecule has 2 nitrogen and oxygen atoms in total. The topological polar surface area (TPSA) is 6.48 Å². The van der Waals surface area contributed by atoms with Crippen LogP contribution < -0.4 is 26.2 Å². The Hall–Kier alpha value is -5.06. The molecule has 0 spiro atoms. The lowest BCUT2D eigenvalue weighted by Gasteiger charge is -2.47. The van der Waals surface area contributed by atoms with Gasteiger partial charge in [0.15, 0.2) is 0 Å². The van der Waals surface area contributed by atoms with Crippen LogP contribution in [-0.4, -0.2) is 6.71 Å². The van der Waals surface area contributed by atoms with Crippen molar-refractivity contribution in [2.75, 3.05) is 9.80 Å². The first-order valence-electron chi connectivity index (χ1n) is 25.0. The second-order valence-corrected chi connectivity index (χ2v) is 27.0. The molecule has 7 aromatic rings. The molecular formula is C63H73BN2S. The molecule has 0 amide bonds. The quantitative estimate of drug-likeness (QED) is 0.163. The highest BCUT2D eigenvalue weighted by molar-refractivity contribution is 7.26. The van der Waals surface area contributed by atoms with Crippen molar-refractivity contribution >= 4 is 78.0 Å². The number of aryl methyl sites for hydroxylation is 1. The Morgan fingerprint density at radius 1 is 0.478 bits per heavy atom. The lowest BCUT2D eigenvalue weighted by molar-refractivity contribution is 0.332. The van der Waals surface area contributed by atoms with Crippen LogP contribution in [0.15, 0.2) is 109 Å². The Morgan fingerprint density at radius 3 is 1.54 bits per heavy atom. The van der Waals surface area contributed by atoms with E-state index in [1.165, 1.54) is 123 Å². The summed E-state index contributed by atoms with van der Waals surface area (Å²) >= 11 is 1.98. The van der Waals surface area contributed by atoms with Gasteiger partial charge in [-0.25, -0.2) is 0 Å². The molecule has 1 aromatic heterocycles. The van der Waals surface area contributed by atoms with Crippen molar-refractivity contribution in [2.45, 2.75) is 163 Å². The van der Waals surface area contributed by atoms with Crippen LogP contribution in [0.3, 0.4) is 0 Å². The molecule has 6 aromatic carbocycles. The second-order valence-electron chi connectivity index (χ2n) is 25.9. The highest BCUT2D eigenvalue weighted by Gasteiger charge is 2.48. The third-order valence-corrected chi connectivity index (χ3v) is 17.0. The minimum atomic E-state index is -0.0194. The van der Waals surface area contributed by atoms with Gasteiger partial charge in [0.2, 0.25) is 0 Å². The molecular weight excluding hydrogens is 828 g/mol.